The Kier molecular flexibility index (Phi) is 2.66. The molecule has 1 aromatic heterocycles. The second-order valence-corrected chi connectivity index (χ2v) is 5.08. The molecule has 0 spiro atoms. The lowest BCUT2D eigenvalue weighted by molar-refractivity contribution is 0.0996. The Balaban J connectivity index is 2.22. The van der Waals surface area contributed by atoms with Crippen LogP contribution in [-0.4, -0.2) is 21.3 Å². The summed E-state index contributed by atoms with van der Waals surface area (Å²) < 4.78 is 0. The van der Waals surface area contributed by atoms with Gasteiger partial charge in [0.25, 0.3) is 5.91 Å². The van der Waals surface area contributed by atoms with Gasteiger partial charge in [0.15, 0.2) is 5.69 Å². The van der Waals surface area contributed by atoms with Gasteiger partial charge < -0.3 is 5.73 Å². The van der Waals surface area contributed by atoms with E-state index in [0.717, 1.165) is 27.1 Å². The number of hydrogen-bond acceptors (Lipinski definition) is 3. The molecule has 3 N–H and O–H groups in total. The van der Waals surface area contributed by atoms with Gasteiger partial charge in [-0.05, 0) is 27.6 Å². The number of amides is 1. The van der Waals surface area contributed by atoms with Crippen LogP contribution in [0.4, 0.5) is 0 Å². The van der Waals surface area contributed by atoms with E-state index in [1.54, 1.807) is 0 Å². The fourth-order valence-corrected chi connectivity index (χ4v) is 2.85. The quantitative estimate of drug-likeness (QED) is 0.556. The van der Waals surface area contributed by atoms with Gasteiger partial charge >= 0.3 is 0 Å². The molecule has 5 heteroatoms. The number of benzene rings is 3. The highest BCUT2D eigenvalue weighted by Gasteiger charge is 2.19. The number of aromatic nitrogens is 3. The number of nitrogens with one attached hydrogen (secondary N) is 1. The topological polar surface area (TPSA) is 84.7 Å². The minimum absolute atomic E-state index is 0.154. The van der Waals surface area contributed by atoms with Crippen molar-refractivity contribution in [3.05, 3.63) is 60.3 Å². The second-order valence-electron chi connectivity index (χ2n) is 5.08. The summed E-state index contributed by atoms with van der Waals surface area (Å²) in [5, 5.41) is 14.8. The van der Waals surface area contributed by atoms with Gasteiger partial charge in [-0.2, -0.15) is 15.4 Å². The number of nitrogens with two attached hydrogens (primary N) is 1. The lowest BCUT2D eigenvalue weighted by atomic mass is 9.94. The molecule has 0 aliphatic carbocycles. The van der Waals surface area contributed by atoms with E-state index in [-0.39, 0.29) is 5.69 Å². The summed E-state index contributed by atoms with van der Waals surface area (Å²) in [6.45, 7) is 0. The highest BCUT2D eigenvalue weighted by Crippen LogP contribution is 2.36. The van der Waals surface area contributed by atoms with E-state index in [1.165, 1.54) is 0 Å². The molecule has 0 unspecified atom stereocenters. The molecule has 3 aromatic carbocycles. The van der Waals surface area contributed by atoms with Crippen molar-refractivity contribution in [3.63, 3.8) is 0 Å². The maximum atomic E-state index is 11.6. The summed E-state index contributed by atoms with van der Waals surface area (Å²) in [6, 6.07) is 18.1. The number of rotatable bonds is 2. The molecule has 0 aliphatic rings. The summed E-state index contributed by atoms with van der Waals surface area (Å²) in [6.07, 6.45) is 0. The van der Waals surface area contributed by atoms with Crippen LogP contribution in [0.5, 0.6) is 0 Å². The van der Waals surface area contributed by atoms with Crippen molar-refractivity contribution in [3.8, 4) is 11.3 Å². The van der Waals surface area contributed by atoms with Crippen molar-refractivity contribution in [1.29, 1.82) is 0 Å². The zero-order chi connectivity index (χ0) is 15.1. The summed E-state index contributed by atoms with van der Waals surface area (Å²) in [5.74, 6) is -0.597. The van der Waals surface area contributed by atoms with E-state index in [0.29, 0.717) is 5.69 Å². The number of carbonyl (C=O) groups is 1. The molecule has 0 aliphatic heterocycles. The van der Waals surface area contributed by atoms with Gasteiger partial charge in [0.2, 0.25) is 0 Å². The standard InChI is InChI=1S/C17H12N4O/c18-17(22)16-15(19-21-20-16)14-12-7-3-1-5-10(12)9-11-6-2-4-8-13(11)14/h1-9H,(H2,18,22)(H,19,20,21). The molecule has 0 radical (unpaired) electrons. The number of H-pyrrole nitrogens is 1. The summed E-state index contributed by atoms with van der Waals surface area (Å²) in [7, 11) is 0. The van der Waals surface area contributed by atoms with Crippen molar-refractivity contribution < 1.29 is 4.79 Å². The van der Waals surface area contributed by atoms with E-state index in [9.17, 15) is 4.79 Å². The largest absolute Gasteiger partial charge is 0.364 e. The lowest BCUT2D eigenvalue weighted by Gasteiger charge is -2.10. The van der Waals surface area contributed by atoms with Crippen LogP contribution in [0.1, 0.15) is 10.5 Å². The predicted octanol–water partition coefficient (Wildman–Crippen LogP) is 2.88. The molecular formula is C17H12N4O. The van der Waals surface area contributed by atoms with Gasteiger partial charge in [-0.1, -0.05) is 48.5 Å². The number of primary amides is 1. The zero-order valence-corrected chi connectivity index (χ0v) is 11.6. The van der Waals surface area contributed by atoms with E-state index < -0.39 is 5.91 Å². The monoisotopic (exact) mass is 288 g/mol. The van der Waals surface area contributed by atoms with Crippen LogP contribution in [0.25, 0.3) is 32.8 Å². The number of fused-ring (bicyclic) bond motifs is 2. The minimum atomic E-state index is -0.597. The summed E-state index contributed by atoms with van der Waals surface area (Å²) in [5.41, 5.74) is 6.94. The van der Waals surface area contributed by atoms with Crippen LogP contribution in [0.15, 0.2) is 54.6 Å². The van der Waals surface area contributed by atoms with Crippen LogP contribution in [0, 0.1) is 0 Å². The summed E-state index contributed by atoms with van der Waals surface area (Å²) in [4.78, 5) is 11.6. The molecule has 0 atom stereocenters. The van der Waals surface area contributed by atoms with Gasteiger partial charge in [-0.15, -0.1) is 0 Å². The van der Waals surface area contributed by atoms with E-state index in [2.05, 4.69) is 21.5 Å². The normalized spacial score (nSPS) is 11.1. The first-order valence-corrected chi connectivity index (χ1v) is 6.87. The van der Waals surface area contributed by atoms with Gasteiger partial charge in [-0.25, -0.2) is 0 Å². The third-order valence-electron chi connectivity index (χ3n) is 3.79. The smallest absolute Gasteiger partial charge is 0.271 e. The predicted molar refractivity (Wildman–Crippen MR) is 85.3 cm³/mol. The van der Waals surface area contributed by atoms with E-state index in [1.807, 2.05) is 48.5 Å². The molecule has 106 valence electrons. The number of hydrogen-bond donors (Lipinski definition) is 2. The Morgan fingerprint density at radius 1 is 0.909 bits per heavy atom. The molecule has 0 fully saturated rings. The van der Waals surface area contributed by atoms with Crippen LogP contribution >= 0.6 is 0 Å². The lowest BCUT2D eigenvalue weighted by Crippen LogP contribution is -2.12. The molecule has 4 aromatic rings. The van der Waals surface area contributed by atoms with Crippen LogP contribution < -0.4 is 5.73 Å². The third-order valence-corrected chi connectivity index (χ3v) is 3.79. The average Bonchev–Trinajstić information content (AvgIpc) is 3.02. The number of aromatic amines is 1. The van der Waals surface area contributed by atoms with Crippen molar-refractivity contribution >= 4 is 27.5 Å². The van der Waals surface area contributed by atoms with Crippen molar-refractivity contribution in [2.45, 2.75) is 0 Å². The molecule has 4 rings (SSSR count). The zero-order valence-electron chi connectivity index (χ0n) is 11.6. The maximum Gasteiger partial charge on any atom is 0.271 e. The van der Waals surface area contributed by atoms with Crippen molar-refractivity contribution in [2.75, 3.05) is 0 Å². The molecule has 0 saturated heterocycles. The molecule has 1 amide bonds. The molecule has 22 heavy (non-hydrogen) atoms. The van der Waals surface area contributed by atoms with E-state index in [4.69, 9.17) is 5.73 Å². The van der Waals surface area contributed by atoms with Gasteiger partial charge in [-0.3, -0.25) is 4.79 Å². The first-order chi connectivity index (χ1) is 10.8. The third kappa shape index (κ3) is 1.76. The van der Waals surface area contributed by atoms with Crippen LogP contribution in [0.3, 0.4) is 0 Å². The second kappa shape index (κ2) is 4.66. The number of nitrogens with zero attached hydrogens (tertiary/aromatic N) is 2. The first-order valence-electron chi connectivity index (χ1n) is 6.87. The Morgan fingerprint density at radius 3 is 2.09 bits per heavy atom. The van der Waals surface area contributed by atoms with Gasteiger partial charge in [0, 0.05) is 5.56 Å². The Labute approximate surface area is 125 Å². The number of carbonyl (C=O) groups excluding carboxylic acids is 1. The first kappa shape index (κ1) is 12.5. The van der Waals surface area contributed by atoms with Crippen molar-refractivity contribution in [2.24, 2.45) is 5.73 Å². The Morgan fingerprint density at radius 2 is 1.50 bits per heavy atom. The molecule has 0 bridgehead atoms. The van der Waals surface area contributed by atoms with Crippen molar-refractivity contribution in [1.82, 2.24) is 15.4 Å². The summed E-state index contributed by atoms with van der Waals surface area (Å²) >= 11 is 0. The minimum Gasteiger partial charge on any atom is -0.364 e. The molecular weight excluding hydrogens is 276 g/mol. The van der Waals surface area contributed by atoms with Gasteiger partial charge in [0.1, 0.15) is 5.69 Å². The Hall–Kier alpha value is -3.21. The van der Waals surface area contributed by atoms with Gasteiger partial charge in [0.05, 0.1) is 0 Å². The van der Waals surface area contributed by atoms with Crippen LogP contribution in [0.2, 0.25) is 0 Å². The van der Waals surface area contributed by atoms with E-state index >= 15 is 0 Å². The van der Waals surface area contributed by atoms with Crippen LogP contribution in [-0.2, 0) is 0 Å². The fraction of sp³-hybridized carbons (Fsp3) is 0. The highest BCUT2D eigenvalue weighted by atomic mass is 16.1. The molecule has 1 heterocycles. The highest BCUT2D eigenvalue weighted by molar-refractivity contribution is 6.14. The average molecular weight is 288 g/mol. The Bertz CT molecular complexity index is 965. The SMILES string of the molecule is NC(=O)c1n[nH]nc1-c1c2ccccc2cc2ccccc12. The maximum absolute atomic E-state index is 11.6. The molecule has 5 nitrogen and oxygen atoms in total. The molecule has 0 saturated carbocycles. The fourth-order valence-electron chi connectivity index (χ4n) is 2.85.